The van der Waals surface area contributed by atoms with Gasteiger partial charge in [-0.1, -0.05) is 6.07 Å². The lowest BCUT2D eigenvalue weighted by Gasteiger charge is -2.27. The van der Waals surface area contributed by atoms with E-state index in [0.717, 1.165) is 49.4 Å². The third-order valence-corrected chi connectivity index (χ3v) is 4.55. The lowest BCUT2D eigenvalue weighted by Crippen LogP contribution is -2.35. The molecule has 0 unspecified atom stereocenters. The van der Waals surface area contributed by atoms with Crippen molar-refractivity contribution >= 4 is 40.5 Å². The highest BCUT2D eigenvalue weighted by Gasteiger charge is 2.22. The van der Waals surface area contributed by atoms with E-state index < -0.39 is 0 Å². The molecule has 1 aromatic heterocycles. The maximum atomic E-state index is 12.1. The van der Waals surface area contributed by atoms with Crippen LogP contribution in [0.2, 0.25) is 5.28 Å². The van der Waals surface area contributed by atoms with E-state index in [2.05, 4.69) is 20.6 Å². The average molecular weight is 358 g/mol. The molecule has 2 aromatic rings. The molecule has 25 heavy (non-hydrogen) atoms. The van der Waals surface area contributed by atoms with Crippen LogP contribution >= 0.6 is 11.6 Å². The predicted molar refractivity (Wildman–Crippen MR) is 99.6 cm³/mol. The second-order valence-corrected chi connectivity index (χ2v) is 6.84. The first-order chi connectivity index (χ1) is 12.2. The molecule has 130 valence electrons. The Morgan fingerprint density at radius 2 is 1.96 bits per heavy atom. The van der Waals surface area contributed by atoms with Crippen LogP contribution in [0.15, 0.2) is 30.3 Å². The molecule has 0 radical (unpaired) electrons. The van der Waals surface area contributed by atoms with Crippen LogP contribution in [0.4, 0.5) is 23.0 Å². The number of carbonyl (C=O) groups excluding carboxylic acids is 1. The second kappa shape index (κ2) is 6.88. The van der Waals surface area contributed by atoms with Gasteiger partial charge in [-0.25, -0.2) is 9.97 Å². The quantitative estimate of drug-likeness (QED) is 0.792. The standard InChI is InChI=1S/C18H20ClN5O/c19-18-22-15(20-12-7-8-12)11-16(23-18)21-13-4-3-5-14(10-13)24-9-2-1-6-17(24)25/h3-5,10-12H,1-2,6-9H2,(H2,20,21,22,23). The van der Waals surface area contributed by atoms with Crippen LogP contribution in [0.3, 0.4) is 0 Å². The van der Waals surface area contributed by atoms with Gasteiger partial charge in [-0.3, -0.25) is 4.79 Å². The molecule has 2 N–H and O–H groups in total. The minimum absolute atomic E-state index is 0.185. The number of carbonyl (C=O) groups is 1. The highest BCUT2D eigenvalue weighted by molar-refractivity contribution is 6.28. The molecule has 6 nitrogen and oxygen atoms in total. The van der Waals surface area contributed by atoms with E-state index in [1.165, 1.54) is 0 Å². The fourth-order valence-corrected chi connectivity index (χ4v) is 3.15. The van der Waals surface area contributed by atoms with Gasteiger partial charge in [0.1, 0.15) is 11.6 Å². The van der Waals surface area contributed by atoms with Gasteiger partial charge in [0.2, 0.25) is 11.2 Å². The number of anilines is 4. The summed E-state index contributed by atoms with van der Waals surface area (Å²) in [4.78, 5) is 22.4. The Balaban J connectivity index is 1.53. The average Bonchev–Trinajstić information content (AvgIpc) is 3.39. The molecule has 1 amide bonds. The fraction of sp³-hybridized carbons (Fsp3) is 0.389. The molecular weight excluding hydrogens is 338 g/mol. The molecule has 1 aliphatic carbocycles. The first-order valence-electron chi connectivity index (χ1n) is 8.66. The van der Waals surface area contributed by atoms with Gasteiger partial charge in [0.25, 0.3) is 0 Å². The number of nitrogens with zero attached hydrogens (tertiary/aromatic N) is 3. The molecule has 7 heteroatoms. The topological polar surface area (TPSA) is 70.2 Å². The van der Waals surface area contributed by atoms with Crippen molar-refractivity contribution < 1.29 is 4.79 Å². The van der Waals surface area contributed by atoms with E-state index >= 15 is 0 Å². The van der Waals surface area contributed by atoms with Gasteiger partial charge in [-0.2, -0.15) is 0 Å². The Labute approximate surface area is 151 Å². The van der Waals surface area contributed by atoms with Gasteiger partial charge in [0, 0.05) is 36.4 Å². The molecule has 1 saturated heterocycles. The van der Waals surface area contributed by atoms with Crippen molar-refractivity contribution in [1.82, 2.24) is 9.97 Å². The number of benzene rings is 1. The number of hydrogen-bond donors (Lipinski definition) is 2. The second-order valence-electron chi connectivity index (χ2n) is 6.50. The Kier molecular flexibility index (Phi) is 4.44. The number of aromatic nitrogens is 2. The highest BCUT2D eigenvalue weighted by atomic mass is 35.5. The van der Waals surface area contributed by atoms with Gasteiger partial charge in [0.05, 0.1) is 0 Å². The van der Waals surface area contributed by atoms with Crippen molar-refractivity contribution in [3.05, 3.63) is 35.6 Å². The van der Waals surface area contributed by atoms with Crippen LogP contribution < -0.4 is 15.5 Å². The third-order valence-electron chi connectivity index (χ3n) is 4.38. The molecular formula is C18H20ClN5O. The molecule has 0 spiro atoms. The lowest BCUT2D eigenvalue weighted by atomic mass is 10.1. The summed E-state index contributed by atoms with van der Waals surface area (Å²) in [6.45, 7) is 0.775. The summed E-state index contributed by atoms with van der Waals surface area (Å²) < 4.78 is 0. The molecule has 2 heterocycles. The Bertz CT molecular complexity index is 793. The normalized spacial score (nSPS) is 17.5. The minimum atomic E-state index is 0.185. The van der Waals surface area contributed by atoms with Crippen molar-refractivity contribution in [2.45, 2.75) is 38.1 Å². The summed E-state index contributed by atoms with van der Waals surface area (Å²) in [5.74, 6) is 1.54. The van der Waals surface area contributed by atoms with Crippen molar-refractivity contribution in [3.63, 3.8) is 0 Å². The fourth-order valence-electron chi connectivity index (χ4n) is 2.97. The van der Waals surface area contributed by atoms with Gasteiger partial charge in [-0.05, 0) is 55.5 Å². The molecule has 0 bridgehead atoms. The zero-order valence-corrected chi connectivity index (χ0v) is 14.6. The smallest absolute Gasteiger partial charge is 0.226 e. The van der Waals surface area contributed by atoms with Crippen LogP contribution in [0.1, 0.15) is 32.1 Å². The van der Waals surface area contributed by atoms with Crippen LogP contribution in [-0.4, -0.2) is 28.5 Å². The molecule has 0 atom stereocenters. The number of hydrogen-bond acceptors (Lipinski definition) is 5. The lowest BCUT2D eigenvalue weighted by molar-refractivity contribution is -0.119. The van der Waals surface area contributed by atoms with Gasteiger partial charge >= 0.3 is 0 Å². The monoisotopic (exact) mass is 357 g/mol. The van der Waals surface area contributed by atoms with Crippen molar-refractivity contribution in [2.75, 3.05) is 22.1 Å². The Hall–Kier alpha value is -2.34. The maximum absolute atomic E-state index is 12.1. The largest absolute Gasteiger partial charge is 0.367 e. The maximum Gasteiger partial charge on any atom is 0.226 e. The van der Waals surface area contributed by atoms with E-state index in [1.807, 2.05) is 35.2 Å². The summed E-state index contributed by atoms with van der Waals surface area (Å²) in [6.07, 6.45) is 4.96. The van der Waals surface area contributed by atoms with Gasteiger partial charge in [0.15, 0.2) is 0 Å². The summed E-state index contributed by atoms with van der Waals surface area (Å²) in [5, 5.41) is 6.79. The predicted octanol–water partition coefficient (Wildman–Crippen LogP) is 3.96. The van der Waals surface area contributed by atoms with E-state index in [9.17, 15) is 4.79 Å². The molecule has 1 aliphatic heterocycles. The Morgan fingerprint density at radius 1 is 1.12 bits per heavy atom. The van der Waals surface area contributed by atoms with Gasteiger partial charge in [-0.15, -0.1) is 0 Å². The third kappa shape index (κ3) is 4.02. The molecule has 1 aromatic carbocycles. The van der Waals surface area contributed by atoms with E-state index in [-0.39, 0.29) is 11.2 Å². The zero-order chi connectivity index (χ0) is 17.2. The van der Waals surface area contributed by atoms with Crippen molar-refractivity contribution in [3.8, 4) is 0 Å². The summed E-state index contributed by atoms with van der Waals surface area (Å²) in [6, 6.07) is 10.2. The van der Waals surface area contributed by atoms with Crippen molar-refractivity contribution in [2.24, 2.45) is 0 Å². The van der Waals surface area contributed by atoms with E-state index in [1.54, 1.807) is 0 Å². The number of halogens is 1. The highest BCUT2D eigenvalue weighted by Crippen LogP contribution is 2.28. The van der Waals surface area contributed by atoms with Crippen LogP contribution in [-0.2, 0) is 4.79 Å². The Morgan fingerprint density at radius 3 is 2.76 bits per heavy atom. The molecule has 4 rings (SSSR count). The number of amides is 1. The number of piperidine rings is 1. The zero-order valence-electron chi connectivity index (χ0n) is 13.8. The van der Waals surface area contributed by atoms with Crippen molar-refractivity contribution in [1.29, 1.82) is 0 Å². The van der Waals surface area contributed by atoms with Crippen LogP contribution in [0, 0.1) is 0 Å². The molecule has 1 saturated carbocycles. The first kappa shape index (κ1) is 16.1. The SMILES string of the molecule is O=C1CCCCN1c1cccc(Nc2cc(NC3CC3)nc(Cl)n2)c1. The first-order valence-corrected chi connectivity index (χ1v) is 9.04. The van der Waals surface area contributed by atoms with Crippen LogP contribution in [0.5, 0.6) is 0 Å². The summed E-state index contributed by atoms with van der Waals surface area (Å²) in [7, 11) is 0. The summed E-state index contributed by atoms with van der Waals surface area (Å²) >= 11 is 6.04. The number of nitrogens with one attached hydrogen (secondary N) is 2. The van der Waals surface area contributed by atoms with Gasteiger partial charge < -0.3 is 15.5 Å². The van der Waals surface area contributed by atoms with Crippen LogP contribution in [0.25, 0.3) is 0 Å². The summed E-state index contributed by atoms with van der Waals surface area (Å²) in [5.41, 5.74) is 1.77. The molecule has 2 fully saturated rings. The minimum Gasteiger partial charge on any atom is -0.367 e. The van der Waals surface area contributed by atoms with E-state index in [4.69, 9.17) is 11.6 Å². The van der Waals surface area contributed by atoms with E-state index in [0.29, 0.717) is 18.3 Å². The molecule has 2 aliphatic rings. The number of rotatable bonds is 5.